The molecule has 0 amide bonds. The Morgan fingerprint density at radius 3 is 2.95 bits per heavy atom. The van der Waals surface area contributed by atoms with Crippen LogP contribution in [0.3, 0.4) is 0 Å². The van der Waals surface area contributed by atoms with Gasteiger partial charge in [-0.3, -0.25) is 0 Å². The second-order valence-corrected chi connectivity index (χ2v) is 5.39. The number of aromatic nitrogens is 3. The molecule has 0 atom stereocenters. The Labute approximate surface area is 120 Å². The van der Waals surface area contributed by atoms with Crippen molar-refractivity contribution in [1.82, 2.24) is 14.5 Å². The van der Waals surface area contributed by atoms with Crippen LogP contribution in [0.5, 0.6) is 0 Å². The van der Waals surface area contributed by atoms with Gasteiger partial charge in [0.2, 0.25) is 5.28 Å². The summed E-state index contributed by atoms with van der Waals surface area (Å²) in [6.07, 6.45) is 3.92. The summed E-state index contributed by atoms with van der Waals surface area (Å²) in [7, 11) is 0. The molecule has 0 spiro atoms. The molecule has 1 aliphatic rings. The van der Waals surface area contributed by atoms with Crippen LogP contribution in [0.15, 0.2) is 12.4 Å². The Bertz CT molecular complexity index is 641. The van der Waals surface area contributed by atoms with Gasteiger partial charge in [-0.25, -0.2) is 18.7 Å². The summed E-state index contributed by atoms with van der Waals surface area (Å²) in [6, 6.07) is 0. The number of rotatable bonds is 2. The van der Waals surface area contributed by atoms with Crippen LogP contribution in [0, 0.1) is 0 Å². The van der Waals surface area contributed by atoms with E-state index in [1.165, 1.54) is 0 Å². The van der Waals surface area contributed by atoms with Gasteiger partial charge in [-0.05, 0) is 24.9 Å². The number of aryl methyl sites for hydroxylation is 1. The third kappa shape index (κ3) is 2.32. The molecule has 20 heavy (non-hydrogen) atoms. The molecule has 0 saturated carbocycles. The highest BCUT2D eigenvalue weighted by Gasteiger charge is 2.36. The number of fused-ring (bicyclic) bond motifs is 1. The van der Waals surface area contributed by atoms with Crippen LogP contribution in [-0.2, 0) is 6.54 Å². The quantitative estimate of drug-likeness (QED) is 0.798. The second kappa shape index (κ2) is 4.84. The van der Waals surface area contributed by atoms with Gasteiger partial charge < -0.3 is 9.47 Å². The van der Waals surface area contributed by atoms with E-state index in [-0.39, 0.29) is 18.2 Å². The standard InChI is InChI=1S/C13H15ClF2N4/c1-2-19-7-10(11-9(19)6-17-12(14)18-11)20-5-3-4-13(15,16)8-20/h6-7H,2-5,8H2,1H3. The topological polar surface area (TPSA) is 34.0 Å². The van der Waals surface area contributed by atoms with Crippen molar-refractivity contribution in [2.45, 2.75) is 32.2 Å². The van der Waals surface area contributed by atoms with E-state index in [0.717, 1.165) is 12.1 Å². The van der Waals surface area contributed by atoms with Crippen molar-refractivity contribution in [3.8, 4) is 0 Å². The lowest BCUT2D eigenvalue weighted by molar-refractivity contribution is -0.0116. The third-order valence-electron chi connectivity index (χ3n) is 3.64. The Kier molecular flexibility index (Phi) is 3.28. The van der Waals surface area contributed by atoms with Crippen LogP contribution in [0.25, 0.3) is 11.0 Å². The molecule has 2 aromatic rings. The zero-order chi connectivity index (χ0) is 14.3. The summed E-state index contributed by atoms with van der Waals surface area (Å²) >= 11 is 5.84. The van der Waals surface area contributed by atoms with Crippen LogP contribution >= 0.6 is 11.6 Å². The zero-order valence-corrected chi connectivity index (χ0v) is 11.9. The molecule has 0 radical (unpaired) electrons. The van der Waals surface area contributed by atoms with Gasteiger partial charge >= 0.3 is 0 Å². The summed E-state index contributed by atoms with van der Waals surface area (Å²) in [5, 5.41) is 0.136. The fourth-order valence-electron chi connectivity index (χ4n) is 2.70. The molecule has 108 valence electrons. The largest absolute Gasteiger partial charge is 0.362 e. The summed E-state index contributed by atoms with van der Waals surface area (Å²) in [6.45, 7) is 3.06. The van der Waals surface area contributed by atoms with Crippen LogP contribution in [0.4, 0.5) is 14.5 Å². The van der Waals surface area contributed by atoms with E-state index in [0.29, 0.717) is 24.2 Å². The van der Waals surface area contributed by atoms with E-state index in [1.54, 1.807) is 11.1 Å². The normalized spacial score (nSPS) is 18.7. The summed E-state index contributed by atoms with van der Waals surface area (Å²) in [5.41, 5.74) is 2.18. The molecule has 3 rings (SSSR count). The number of halogens is 3. The van der Waals surface area contributed by atoms with Gasteiger partial charge in [0, 0.05) is 25.7 Å². The Balaban J connectivity index is 2.08. The van der Waals surface area contributed by atoms with E-state index in [4.69, 9.17) is 11.6 Å². The van der Waals surface area contributed by atoms with Crippen molar-refractivity contribution in [3.63, 3.8) is 0 Å². The van der Waals surface area contributed by atoms with Gasteiger partial charge in [0.05, 0.1) is 23.9 Å². The molecule has 0 unspecified atom stereocenters. The highest BCUT2D eigenvalue weighted by atomic mass is 35.5. The molecule has 2 aromatic heterocycles. The number of alkyl halides is 2. The minimum absolute atomic E-state index is 0.0499. The number of piperidine rings is 1. The maximum atomic E-state index is 13.6. The highest BCUT2D eigenvalue weighted by Crippen LogP contribution is 2.34. The molecule has 0 N–H and O–H groups in total. The number of hydrogen-bond donors (Lipinski definition) is 0. The molecule has 0 aliphatic carbocycles. The lowest BCUT2D eigenvalue weighted by atomic mass is 10.1. The summed E-state index contributed by atoms with van der Waals surface area (Å²) < 4.78 is 29.2. The molecular weight excluding hydrogens is 286 g/mol. The minimum atomic E-state index is -2.64. The van der Waals surface area contributed by atoms with Crippen molar-refractivity contribution in [2.24, 2.45) is 0 Å². The van der Waals surface area contributed by atoms with Crippen molar-refractivity contribution >= 4 is 28.3 Å². The molecule has 3 heterocycles. The molecule has 1 aliphatic heterocycles. The highest BCUT2D eigenvalue weighted by molar-refractivity contribution is 6.28. The lowest BCUT2D eigenvalue weighted by Crippen LogP contribution is -2.42. The zero-order valence-electron chi connectivity index (χ0n) is 11.1. The van der Waals surface area contributed by atoms with Crippen LogP contribution in [0.2, 0.25) is 5.28 Å². The first-order valence-electron chi connectivity index (χ1n) is 6.64. The summed E-state index contributed by atoms with van der Waals surface area (Å²) in [5.74, 6) is -2.64. The maximum absolute atomic E-state index is 13.6. The van der Waals surface area contributed by atoms with Crippen molar-refractivity contribution in [2.75, 3.05) is 18.0 Å². The Hall–Kier alpha value is -1.43. The van der Waals surface area contributed by atoms with Crippen molar-refractivity contribution in [3.05, 3.63) is 17.7 Å². The minimum Gasteiger partial charge on any atom is -0.362 e. The smallest absolute Gasteiger partial charge is 0.265 e. The van der Waals surface area contributed by atoms with Gasteiger partial charge in [0.1, 0.15) is 5.52 Å². The molecule has 4 nitrogen and oxygen atoms in total. The first kappa shape index (κ1) is 13.5. The van der Waals surface area contributed by atoms with E-state index < -0.39 is 5.92 Å². The SMILES string of the molecule is CCn1cc(N2CCCC(F)(F)C2)c2nc(Cl)ncc21. The predicted molar refractivity (Wildman–Crippen MR) is 74.6 cm³/mol. The van der Waals surface area contributed by atoms with E-state index in [9.17, 15) is 8.78 Å². The second-order valence-electron chi connectivity index (χ2n) is 5.05. The van der Waals surface area contributed by atoms with Crippen LogP contribution < -0.4 is 4.90 Å². The van der Waals surface area contributed by atoms with Crippen LogP contribution in [0.1, 0.15) is 19.8 Å². The van der Waals surface area contributed by atoms with E-state index in [2.05, 4.69) is 9.97 Å². The monoisotopic (exact) mass is 300 g/mol. The fourth-order valence-corrected chi connectivity index (χ4v) is 2.83. The van der Waals surface area contributed by atoms with Gasteiger partial charge in [-0.1, -0.05) is 0 Å². The molecule has 0 aromatic carbocycles. The first-order chi connectivity index (χ1) is 9.50. The predicted octanol–water partition coefficient (Wildman–Crippen LogP) is 3.34. The Morgan fingerprint density at radius 2 is 2.25 bits per heavy atom. The molecular formula is C13H15ClF2N4. The molecule has 0 bridgehead atoms. The number of hydrogen-bond acceptors (Lipinski definition) is 3. The van der Waals surface area contributed by atoms with Crippen molar-refractivity contribution < 1.29 is 8.78 Å². The lowest BCUT2D eigenvalue weighted by Gasteiger charge is -2.33. The number of anilines is 1. The first-order valence-corrected chi connectivity index (χ1v) is 7.02. The van der Waals surface area contributed by atoms with Gasteiger partial charge in [0.25, 0.3) is 5.92 Å². The van der Waals surface area contributed by atoms with Gasteiger partial charge in [-0.15, -0.1) is 0 Å². The third-order valence-corrected chi connectivity index (χ3v) is 3.83. The van der Waals surface area contributed by atoms with Crippen molar-refractivity contribution in [1.29, 1.82) is 0 Å². The molecule has 1 fully saturated rings. The van der Waals surface area contributed by atoms with Gasteiger partial charge in [0.15, 0.2) is 0 Å². The maximum Gasteiger partial charge on any atom is 0.265 e. The average Bonchev–Trinajstić information content (AvgIpc) is 2.75. The summed E-state index contributed by atoms with van der Waals surface area (Å²) in [4.78, 5) is 9.88. The molecule has 7 heteroatoms. The van der Waals surface area contributed by atoms with E-state index >= 15 is 0 Å². The number of nitrogens with zero attached hydrogens (tertiary/aromatic N) is 4. The average molecular weight is 301 g/mol. The van der Waals surface area contributed by atoms with Crippen LogP contribution in [-0.4, -0.2) is 33.5 Å². The van der Waals surface area contributed by atoms with E-state index in [1.807, 2.05) is 17.7 Å². The molecule has 1 saturated heterocycles. The Morgan fingerprint density at radius 1 is 1.45 bits per heavy atom. The fraction of sp³-hybridized carbons (Fsp3) is 0.538. The van der Waals surface area contributed by atoms with Gasteiger partial charge in [-0.2, -0.15) is 0 Å².